The van der Waals surface area contributed by atoms with Gasteiger partial charge in [-0.15, -0.1) is 0 Å². The number of carbonyl (C=O) groups excluding carboxylic acids is 2. The molecule has 0 unspecified atom stereocenters. The molecule has 2 amide bonds. The number of benzene rings is 1. The van der Waals surface area contributed by atoms with Crippen molar-refractivity contribution in [1.29, 1.82) is 0 Å². The molecule has 3 aliphatic heterocycles. The van der Waals surface area contributed by atoms with Crippen LogP contribution < -0.4 is 0 Å². The molecule has 3 saturated heterocycles. The predicted molar refractivity (Wildman–Crippen MR) is 94.1 cm³/mol. The summed E-state index contributed by atoms with van der Waals surface area (Å²) in [6.07, 6.45) is 1.80. The molecule has 8 heteroatoms. The van der Waals surface area contributed by atoms with Gasteiger partial charge in [0.1, 0.15) is 0 Å². The van der Waals surface area contributed by atoms with Crippen LogP contribution in [0.1, 0.15) is 23.2 Å². The number of rotatable bonds is 3. The van der Waals surface area contributed by atoms with Gasteiger partial charge in [-0.25, -0.2) is 8.78 Å². The third-order valence-electron chi connectivity index (χ3n) is 5.15. The van der Waals surface area contributed by atoms with E-state index in [9.17, 15) is 18.4 Å². The highest BCUT2D eigenvalue weighted by Crippen LogP contribution is 2.31. The van der Waals surface area contributed by atoms with Crippen LogP contribution >= 0.6 is 11.6 Å². The van der Waals surface area contributed by atoms with Crippen LogP contribution in [0.15, 0.2) is 12.1 Å². The minimum absolute atomic E-state index is 0.0194. The Morgan fingerprint density at radius 2 is 1.85 bits per heavy atom. The highest BCUT2D eigenvalue weighted by Gasteiger charge is 2.38. The Morgan fingerprint density at radius 3 is 2.54 bits per heavy atom. The maximum atomic E-state index is 13.6. The Bertz CT molecular complexity index is 729. The predicted octanol–water partition coefficient (Wildman–Crippen LogP) is 2.24. The number of hydrogen-bond acceptors (Lipinski definition) is 3. The van der Waals surface area contributed by atoms with E-state index in [4.69, 9.17) is 11.6 Å². The number of hydrogen-bond donors (Lipinski definition) is 0. The third kappa shape index (κ3) is 3.83. The Hall–Kier alpha value is -1.73. The molecule has 2 bridgehead atoms. The number of carbonyl (C=O) groups is 2. The second-order valence-electron chi connectivity index (χ2n) is 7.28. The molecule has 5 nitrogen and oxygen atoms in total. The molecule has 3 aliphatic rings. The van der Waals surface area contributed by atoms with E-state index in [2.05, 4.69) is 4.90 Å². The highest BCUT2D eigenvalue weighted by atomic mass is 35.5. The Labute approximate surface area is 156 Å². The summed E-state index contributed by atoms with van der Waals surface area (Å²) >= 11 is 5.98. The van der Waals surface area contributed by atoms with E-state index in [0.717, 1.165) is 31.5 Å². The van der Waals surface area contributed by atoms with Gasteiger partial charge in [0.15, 0.2) is 11.6 Å². The Morgan fingerprint density at radius 1 is 1.15 bits per heavy atom. The van der Waals surface area contributed by atoms with Crippen molar-refractivity contribution in [1.82, 2.24) is 14.7 Å². The van der Waals surface area contributed by atoms with Gasteiger partial charge >= 0.3 is 0 Å². The Kier molecular flexibility index (Phi) is 5.48. The molecule has 3 heterocycles. The maximum Gasteiger partial charge on any atom is 0.255 e. The lowest BCUT2D eigenvalue weighted by molar-refractivity contribution is -0.129. The molecule has 0 spiro atoms. The molecule has 142 valence electrons. The van der Waals surface area contributed by atoms with Crippen molar-refractivity contribution in [3.63, 3.8) is 0 Å². The summed E-state index contributed by atoms with van der Waals surface area (Å²) in [5, 5.41) is -0.0892. The quantitative estimate of drug-likeness (QED) is 0.749. The van der Waals surface area contributed by atoms with E-state index in [1.807, 2.05) is 0 Å². The fraction of sp³-hybridized carbons (Fsp3) is 0.556. The summed E-state index contributed by atoms with van der Waals surface area (Å²) in [5.74, 6) is -2.28. The number of halogens is 3. The summed E-state index contributed by atoms with van der Waals surface area (Å²) in [5.41, 5.74) is -0.0194. The second-order valence-corrected chi connectivity index (χ2v) is 7.69. The van der Waals surface area contributed by atoms with E-state index < -0.39 is 11.6 Å². The first kappa shape index (κ1) is 19.0. The molecule has 0 aliphatic carbocycles. The summed E-state index contributed by atoms with van der Waals surface area (Å²) in [7, 11) is 3.44. The molecular formula is C18H22ClF2N3O2. The van der Waals surface area contributed by atoms with Crippen molar-refractivity contribution in [2.45, 2.75) is 18.9 Å². The van der Waals surface area contributed by atoms with Crippen molar-refractivity contribution in [3.05, 3.63) is 34.4 Å². The molecule has 4 rings (SSSR count). The van der Waals surface area contributed by atoms with Gasteiger partial charge in [0.2, 0.25) is 5.91 Å². The summed E-state index contributed by atoms with van der Waals surface area (Å²) in [6, 6.07) is 1.63. The number of likely N-dealkylation sites (N-methyl/N-ethyl adjacent to an activating group) is 1. The summed E-state index contributed by atoms with van der Waals surface area (Å²) in [4.78, 5) is 30.3. The molecule has 0 N–H and O–H groups in total. The lowest BCUT2D eigenvalue weighted by Gasteiger charge is -2.36. The fourth-order valence-corrected chi connectivity index (χ4v) is 3.96. The molecule has 1 aromatic rings. The average molecular weight is 386 g/mol. The van der Waals surface area contributed by atoms with Gasteiger partial charge in [0.25, 0.3) is 5.91 Å². The smallest absolute Gasteiger partial charge is 0.255 e. The van der Waals surface area contributed by atoms with Crippen molar-refractivity contribution in [3.8, 4) is 0 Å². The molecule has 0 saturated carbocycles. The van der Waals surface area contributed by atoms with Gasteiger partial charge in [-0.3, -0.25) is 14.5 Å². The number of piperidine rings is 1. The zero-order valence-corrected chi connectivity index (χ0v) is 15.6. The SMILES string of the molecule is CN(C)C(=O)CN1C[C@@H]2CC[C@H](C1)N(C(=O)c1cc(F)c(F)cc1Cl)C2. The van der Waals surface area contributed by atoms with Crippen molar-refractivity contribution in [2.75, 3.05) is 40.3 Å². The molecule has 0 aromatic heterocycles. The number of amides is 2. The molecule has 26 heavy (non-hydrogen) atoms. The van der Waals surface area contributed by atoms with Crippen molar-refractivity contribution < 1.29 is 18.4 Å². The largest absolute Gasteiger partial charge is 0.348 e. The lowest BCUT2D eigenvalue weighted by atomic mass is 9.94. The van der Waals surface area contributed by atoms with Crippen LogP contribution in [0, 0.1) is 17.6 Å². The monoisotopic (exact) mass is 385 g/mol. The van der Waals surface area contributed by atoms with Gasteiger partial charge in [0.05, 0.1) is 17.1 Å². The van der Waals surface area contributed by atoms with Gasteiger partial charge in [-0.05, 0) is 30.9 Å². The fourth-order valence-electron chi connectivity index (χ4n) is 3.73. The molecule has 1 aromatic carbocycles. The van der Waals surface area contributed by atoms with Crippen LogP contribution in [0.2, 0.25) is 5.02 Å². The van der Waals surface area contributed by atoms with Crippen LogP contribution in [0.4, 0.5) is 8.78 Å². The molecule has 0 radical (unpaired) electrons. The summed E-state index contributed by atoms with van der Waals surface area (Å²) in [6.45, 7) is 2.17. The summed E-state index contributed by atoms with van der Waals surface area (Å²) < 4.78 is 26.9. The first-order valence-electron chi connectivity index (χ1n) is 8.64. The van der Waals surface area contributed by atoms with Crippen LogP contribution in [0.25, 0.3) is 0 Å². The lowest BCUT2D eigenvalue weighted by Crippen LogP contribution is -2.48. The zero-order chi connectivity index (χ0) is 19.0. The van der Waals surface area contributed by atoms with Gasteiger partial charge in [0, 0.05) is 39.8 Å². The minimum Gasteiger partial charge on any atom is -0.348 e. The number of nitrogens with zero attached hydrogens (tertiary/aromatic N) is 3. The molecule has 3 fully saturated rings. The Balaban J connectivity index is 1.79. The zero-order valence-electron chi connectivity index (χ0n) is 14.8. The van der Waals surface area contributed by atoms with Crippen molar-refractivity contribution in [2.24, 2.45) is 5.92 Å². The number of fused-ring (bicyclic) bond motifs is 4. The highest BCUT2D eigenvalue weighted by molar-refractivity contribution is 6.33. The average Bonchev–Trinajstić information content (AvgIpc) is 2.87. The minimum atomic E-state index is -1.09. The van der Waals surface area contributed by atoms with Gasteiger partial charge in [-0.2, -0.15) is 0 Å². The van der Waals surface area contributed by atoms with Gasteiger partial charge < -0.3 is 9.80 Å². The van der Waals surface area contributed by atoms with Crippen LogP contribution in [-0.4, -0.2) is 72.8 Å². The molecular weight excluding hydrogens is 364 g/mol. The third-order valence-corrected chi connectivity index (χ3v) is 5.46. The first-order valence-corrected chi connectivity index (χ1v) is 9.02. The van der Waals surface area contributed by atoms with E-state index in [1.54, 1.807) is 23.9 Å². The van der Waals surface area contributed by atoms with Crippen LogP contribution in [0.3, 0.4) is 0 Å². The standard InChI is InChI=1S/C18H22ClF2N3O2/c1-22(2)17(25)10-23-7-11-3-4-12(9-23)24(8-11)18(26)13-5-15(20)16(21)6-14(13)19/h5-6,11-12H,3-4,7-10H2,1-2H3/t11-,12+/m0/s1. The van der Waals surface area contributed by atoms with Crippen molar-refractivity contribution >= 4 is 23.4 Å². The maximum absolute atomic E-state index is 13.6. The normalized spacial score (nSPS) is 23.0. The van der Waals surface area contributed by atoms with E-state index in [-0.39, 0.29) is 34.4 Å². The van der Waals surface area contributed by atoms with Gasteiger partial charge in [-0.1, -0.05) is 11.6 Å². The van der Waals surface area contributed by atoms with Crippen LogP contribution in [-0.2, 0) is 4.79 Å². The molecule has 2 atom stereocenters. The van der Waals surface area contributed by atoms with E-state index in [1.165, 1.54) is 0 Å². The van der Waals surface area contributed by atoms with E-state index >= 15 is 0 Å². The second kappa shape index (κ2) is 7.48. The van der Waals surface area contributed by atoms with E-state index in [0.29, 0.717) is 19.6 Å². The van der Waals surface area contributed by atoms with Crippen LogP contribution in [0.5, 0.6) is 0 Å². The topological polar surface area (TPSA) is 43.9 Å². The first-order chi connectivity index (χ1) is 12.3.